The molecule has 0 atom stereocenters. The summed E-state index contributed by atoms with van der Waals surface area (Å²) in [4.78, 5) is 1.15. The number of hydrogen-bond donors (Lipinski definition) is 1. The van der Waals surface area contributed by atoms with E-state index in [0.717, 1.165) is 20.5 Å². The maximum Gasteiger partial charge on any atom is 0.123 e. The number of thiophene rings is 1. The van der Waals surface area contributed by atoms with Gasteiger partial charge in [-0.05, 0) is 50.6 Å². The Kier molecular flexibility index (Phi) is 4.54. The Labute approximate surface area is 119 Å². The molecule has 96 valence electrons. The van der Waals surface area contributed by atoms with Crippen LogP contribution in [0.15, 0.2) is 34.1 Å². The van der Waals surface area contributed by atoms with Crippen LogP contribution in [-0.2, 0) is 6.54 Å². The summed E-state index contributed by atoms with van der Waals surface area (Å²) < 4.78 is 14.4. The van der Waals surface area contributed by atoms with Crippen LogP contribution < -0.4 is 5.32 Å². The summed E-state index contributed by atoms with van der Waals surface area (Å²) in [6.07, 6.45) is 0. The minimum Gasteiger partial charge on any atom is -0.310 e. The molecule has 1 aromatic carbocycles. The van der Waals surface area contributed by atoms with Gasteiger partial charge in [-0.15, -0.1) is 11.3 Å². The molecule has 0 radical (unpaired) electrons. The monoisotopic (exact) mass is 327 g/mol. The third-order valence-electron chi connectivity index (χ3n) is 2.63. The lowest BCUT2D eigenvalue weighted by Crippen LogP contribution is -2.22. The molecule has 0 aliphatic rings. The van der Waals surface area contributed by atoms with Crippen LogP contribution in [0.3, 0.4) is 0 Å². The molecule has 0 aliphatic carbocycles. The second-order valence-electron chi connectivity index (χ2n) is 4.43. The number of hydrogen-bond acceptors (Lipinski definition) is 2. The maximum absolute atomic E-state index is 13.4. The fourth-order valence-electron chi connectivity index (χ4n) is 1.73. The Morgan fingerprint density at radius 1 is 1.33 bits per heavy atom. The predicted octanol–water partition coefficient (Wildman–Crippen LogP) is 4.81. The summed E-state index contributed by atoms with van der Waals surface area (Å²) >= 11 is 5.19. The minimum atomic E-state index is -0.188. The zero-order valence-electron chi connectivity index (χ0n) is 10.3. The van der Waals surface area contributed by atoms with Gasteiger partial charge in [-0.25, -0.2) is 4.39 Å². The largest absolute Gasteiger partial charge is 0.310 e. The van der Waals surface area contributed by atoms with Gasteiger partial charge in [-0.1, -0.05) is 19.9 Å². The van der Waals surface area contributed by atoms with Crippen molar-refractivity contribution in [3.05, 3.63) is 45.5 Å². The first-order chi connectivity index (χ1) is 8.58. The molecule has 0 saturated heterocycles. The first-order valence-electron chi connectivity index (χ1n) is 5.83. The van der Waals surface area contributed by atoms with Crippen molar-refractivity contribution < 1.29 is 4.39 Å². The highest BCUT2D eigenvalue weighted by molar-refractivity contribution is 9.10. The average Bonchev–Trinajstić information content (AvgIpc) is 2.73. The molecule has 0 saturated carbocycles. The molecule has 0 aliphatic heterocycles. The summed E-state index contributed by atoms with van der Waals surface area (Å²) in [5.74, 6) is -0.188. The second kappa shape index (κ2) is 5.95. The molecule has 2 rings (SSSR count). The molecule has 0 amide bonds. The normalized spacial score (nSPS) is 11.2. The van der Waals surface area contributed by atoms with Crippen LogP contribution in [0.25, 0.3) is 10.4 Å². The van der Waals surface area contributed by atoms with E-state index in [4.69, 9.17) is 0 Å². The lowest BCUT2D eigenvalue weighted by Gasteiger charge is -2.12. The van der Waals surface area contributed by atoms with Crippen LogP contribution in [0.5, 0.6) is 0 Å². The Hall–Kier alpha value is -0.710. The van der Waals surface area contributed by atoms with Gasteiger partial charge in [0.2, 0.25) is 0 Å². The van der Waals surface area contributed by atoms with Crippen LogP contribution in [0.1, 0.15) is 19.4 Å². The molecule has 0 spiro atoms. The second-order valence-corrected chi connectivity index (χ2v) is 6.21. The van der Waals surface area contributed by atoms with Crippen molar-refractivity contribution in [2.45, 2.75) is 26.4 Å². The van der Waals surface area contributed by atoms with E-state index in [2.05, 4.69) is 35.1 Å². The number of benzene rings is 1. The number of halogens is 2. The SMILES string of the molecule is CC(C)NCc1cc(F)ccc1-c1sccc1Br. The Bertz CT molecular complexity index is 536. The Morgan fingerprint density at radius 3 is 2.72 bits per heavy atom. The molecule has 0 unspecified atom stereocenters. The summed E-state index contributed by atoms with van der Waals surface area (Å²) in [5, 5.41) is 5.36. The third-order valence-corrected chi connectivity index (χ3v) is 4.50. The summed E-state index contributed by atoms with van der Waals surface area (Å²) in [7, 11) is 0. The molecule has 1 heterocycles. The molecule has 1 nitrogen and oxygen atoms in total. The fourth-order valence-corrected chi connectivity index (χ4v) is 3.38. The highest BCUT2D eigenvalue weighted by Crippen LogP contribution is 2.35. The number of nitrogens with one attached hydrogen (secondary N) is 1. The topological polar surface area (TPSA) is 12.0 Å². The minimum absolute atomic E-state index is 0.188. The molecule has 4 heteroatoms. The molecular weight excluding hydrogens is 313 g/mol. The Balaban J connectivity index is 2.37. The van der Waals surface area contributed by atoms with Gasteiger partial charge in [-0.2, -0.15) is 0 Å². The molecule has 18 heavy (non-hydrogen) atoms. The Morgan fingerprint density at radius 2 is 2.11 bits per heavy atom. The van der Waals surface area contributed by atoms with E-state index in [1.54, 1.807) is 17.4 Å². The van der Waals surface area contributed by atoms with Crippen molar-refractivity contribution in [1.82, 2.24) is 5.32 Å². The first kappa shape index (κ1) is 13.7. The number of rotatable bonds is 4. The zero-order chi connectivity index (χ0) is 13.1. The van der Waals surface area contributed by atoms with E-state index >= 15 is 0 Å². The van der Waals surface area contributed by atoms with Crippen molar-refractivity contribution >= 4 is 27.3 Å². The highest BCUT2D eigenvalue weighted by atomic mass is 79.9. The smallest absolute Gasteiger partial charge is 0.123 e. The van der Waals surface area contributed by atoms with Crippen molar-refractivity contribution in [2.75, 3.05) is 0 Å². The van der Waals surface area contributed by atoms with Gasteiger partial charge < -0.3 is 5.32 Å². The zero-order valence-corrected chi connectivity index (χ0v) is 12.7. The van der Waals surface area contributed by atoms with Gasteiger partial charge in [0.15, 0.2) is 0 Å². The summed E-state index contributed by atoms with van der Waals surface area (Å²) in [6.45, 7) is 4.84. The quantitative estimate of drug-likeness (QED) is 0.849. The molecule has 1 N–H and O–H groups in total. The van der Waals surface area contributed by atoms with Crippen molar-refractivity contribution in [1.29, 1.82) is 0 Å². The van der Waals surface area contributed by atoms with Crippen LogP contribution in [-0.4, -0.2) is 6.04 Å². The van der Waals surface area contributed by atoms with E-state index in [1.165, 1.54) is 6.07 Å². The third kappa shape index (κ3) is 3.19. The molecule has 0 fully saturated rings. The van der Waals surface area contributed by atoms with E-state index in [1.807, 2.05) is 17.5 Å². The summed E-state index contributed by atoms with van der Waals surface area (Å²) in [6, 6.07) is 7.37. The van der Waals surface area contributed by atoms with E-state index in [-0.39, 0.29) is 5.82 Å². The van der Waals surface area contributed by atoms with Crippen LogP contribution in [0.2, 0.25) is 0 Å². The van der Waals surface area contributed by atoms with Gasteiger partial charge in [0.25, 0.3) is 0 Å². The molecule has 2 aromatic rings. The van der Waals surface area contributed by atoms with Gasteiger partial charge in [-0.3, -0.25) is 0 Å². The van der Waals surface area contributed by atoms with Gasteiger partial charge in [0.1, 0.15) is 5.82 Å². The maximum atomic E-state index is 13.4. The lowest BCUT2D eigenvalue weighted by molar-refractivity contribution is 0.582. The summed E-state index contributed by atoms with van der Waals surface area (Å²) in [5.41, 5.74) is 2.08. The van der Waals surface area contributed by atoms with Crippen LogP contribution in [0, 0.1) is 5.82 Å². The molecule has 1 aromatic heterocycles. The van der Waals surface area contributed by atoms with Crippen LogP contribution >= 0.6 is 27.3 Å². The highest BCUT2D eigenvalue weighted by Gasteiger charge is 2.11. The fraction of sp³-hybridized carbons (Fsp3) is 0.286. The van der Waals surface area contributed by atoms with E-state index in [0.29, 0.717) is 12.6 Å². The lowest BCUT2D eigenvalue weighted by atomic mass is 10.1. The van der Waals surface area contributed by atoms with Gasteiger partial charge in [0.05, 0.1) is 0 Å². The van der Waals surface area contributed by atoms with Crippen molar-refractivity contribution in [2.24, 2.45) is 0 Å². The average molecular weight is 328 g/mol. The first-order valence-corrected chi connectivity index (χ1v) is 7.50. The van der Waals surface area contributed by atoms with Crippen LogP contribution in [0.4, 0.5) is 4.39 Å². The standard InChI is InChI=1S/C14H15BrFNS/c1-9(2)17-8-10-7-11(16)3-4-12(10)14-13(15)5-6-18-14/h3-7,9,17H,8H2,1-2H3. The van der Waals surface area contributed by atoms with E-state index in [9.17, 15) is 4.39 Å². The van der Waals surface area contributed by atoms with Crippen molar-refractivity contribution in [3.63, 3.8) is 0 Å². The van der Waals surface area contributed by atoms with Gasteiger partial charge in [0, 0.05) is 21.9 Å². The van der Waals surface area contributed by atoms with E-state index < -0.39 is 0 Å². The van der Waals surface area contributed by atoms with Crippen molar-refractivity contribution in [3.8, 4) is 10.4 Å². The molecule has 0 bridgehead atoms. The predicted molar refractivity (Wildman–Crippen MR) is 79.4 cm³/mol. The van der Waals surface area contributed by atoms with Gasteiger partial charge >= 0.3 is 0 Å². The molecular formula is C14H15BrFNS.